The van der Waals surface area contributed by atoms with E-state index in [1.54, 1.807) is 4.90 Å². The monoisotopic (exact) mass is 383 g/mol. The number of ketones is 1. The molecule has 3 aliphatic rings. The minimum absolute atomic E-state index is 0.0296. The van der Waals surface area contributed by atoms with Gasteiger partial charge in [-0.3, -0.25) is 14.4 Å². The van der Waals surface area contributed by atoms with Crippen LogP contribution in [-0.4, -0.2) is 54.0 Å². The fraction of sp³-hybridized carbons (Fsp3) is 0.500. The predicted molar refractivity (Wildman–Crippen MR) is 102 cm³/mol. The topological polar surface area (TPSA) is 83.9 Å². The van der Waals surface area contributed by atoms with Crippen LogP contribution in [0.25, 0.3) is 5.57 Å². The lowest BCUT2D eigenvalue weighted by Crippen LogP contribution is -2.40. The maximum Gasteiger partial charge on any atom is 0.308 e. The highest BCUT2D eigenvalue weighted by atomic mass is 16.5. The Kier molecular flexibility index (Phi) is 5.06. The normalized spacial score (nSPS) is 24.2. The van der Waals surface area contributed by atoms with Crippen molar-refractivity contribution in [3.63, 3.8) is 0 Å². The molecule has 6 heteroatoms. The summed E-state index contributed by atoms with van der Waals surface area (Å²) >= 11 is 0. The van der Waals surface area contributed by atoms with E-state index in [4.69, 9.17) is 4.74 Å². The van der Waals surface area contributed by atoms with Crippen molar-refractivity contribution in [1.29, 1.82) is 0 Å². The first-order valence-corrected chi connectivity index (χ1v) is 9.89. The van der Waals surface area contributed by atoms with Crippen molar-refractivity contribution >= 4 is 23.2 Å². The summed E-state index contributed by atoms with van der Waals surface area (Å²) in [5.41, 5.74) is 2.13. The molecule has 28 heavy (non-hydrogen) atoms. The first kappa shape index (κ1) is 18.9. The molecule has 1 atom stereocenters. The number of likely N-dealkylation sites (tertiary alicyclic amines) is 1. The second kappa shape index (κ2) is 7.51. The zero-order valence-corrected chi connectivity index (χ0v) is 15.9. The highest BCUT2D eigenvalue weighted by molar-refractivity contribution is 6.10. The van der Waals surface area contributed by atoms with Gasteiger partial charge in [0.15, 0.2) is 5.78 Å². The van der Waals surface area contributed by atoms with Gasteiger partial charge in [0.1, 0.15) is 0 Å². The van der Waals surface area contributed by atoms with Gasteiger partial charge in [0.25, 0.3) is 0 Å². The molecule has 0 radical (unpaired) electrons. The number of nitrogens with zero attached hydrogens (tertiary/aromatic N) is 1. The van der Waals surface area contributed by atoms with Crippen LogP contribution < -0.4 is 0 Å². The van der Waals surface area contributed by atoms with Crippen molar-refractivity contribution in [1.82, 2.24) is 4.90 Å². The van der Waals surface area contributed by atoms with Crippen LogP contribution in [0.4, 0.5) is 0 Å². The fourth-order valence-corrected chi connectivity index (χ4v) is 4.92. The molecule has 1 aliphatic carbocycles. The summed E-state index contributed by atoms with van der Waals surface area (Å²) in [6.45, 7) is 1.73. The second-order valence-corrected chi connectivity index (χ2v) is 8.06. The number of aliphatic carboxylic acids is 1. The average molecular weight is 383 g/mol. The van der Waals surface area contributed by atoms with Crippen molar-refractivity contribution < 1.29 is 24.2 Å². The number of hydrogen-bond acceptors (Lipinski definition) is 4. The van der Waals surface area contributed by atoms with E-state index < -0.39 is 17.3 Å². The summed E-state index contributed by atoms with van der Waals surface area (Å²) in [7, 11) is 0. The zero-order valence-electron chi connectivity index (χ0n) is 15.9. The first-order valence-electron chi connectivity index (χ1n) is 9.89. The van der Waals surface area contributed by atoms with Gasteiger partial charge in [-0.2, -0.15) is 0 Å². The van der Waals surface area contributed by atoms with Crippen molar-refractivity contribution in [2.24, 2.45) is 11.3 Å². The van der Waals surface area contributed by atoms with Gasteiger partial charge in [0.05, 0.1) is 12.3 Å². The third kappa shape index (κ3) is 3.37. The van der Waals surface area contributed by atoms with E-state index in [1.807, 2.05) is 30.3 Å². The number of hydrogen-bond donors (Lipinski definition) is 1. The van der Waals surface area contributed by atoms with Crippen LogP contribution in [0, 0.1) is 11.3 Å². The molecule has 4 rings (SSSR count). The third-order valence-electron chi connectivity index (χ3n) is 6.54. The highest BCUT2D eigenvalue weighted by Crippen LogP contribution is 2.45. The van der Waals surface area contributed by atoms with Crippen LogP contribution in [0.1, 0.15) is 37.7 Å². The van der Waals surface area contributed by atoms with E-state index in [1.165, 1.54) is 0 Å². The van der Waals surface area contributed by atoms with Crippen molar-refractivity contribution in [2.75, 3.05) is 26.3 Å². The van der Waals surface area contributed by atoms with Gasteiger partial charge in [0, 0.05) is 43.7 Å². The Morgan fingerprint density at radius 3 is 2.54 bits per heavy atom. The van der Waals surface area contributed by atoms with E-state index >= 15 is 0 Å². The molecule has 1 aromatic carbocycles. The maximum atomic E-state index is 13.0. The van der Waals surface area contributed by atoms with Gasteiger partial charge in [-0.1, -0.05) is 30.3 Å². The first-order chi connectivity index (χ1) is 13.5. The third-order valence-corrected chi connectivity index (χ3v) is 6.54. The number of carboxylic acid groups (broad SMARTS) is 1. The Morgan fingerprint density at radius 2 is 1.86 bits per heavy atom. The van der Waals surface area contributed by atoms with Crippen LogP contribution in [-0.2, 0) is 19.1 Å². The van der Waals surface area contributed by atoms with Crippen LogP contribution in [0.5, 0.6) is 0 Å². The minimum Gasteiger partial charge on any atom is -0.481 e. The Labute approximate surface area is 164 Å². The molecule has 2 aliphatic heterocycles. The number of carbonyl (C=O) groups is 3. The van der Waals surface area contributed by atoms with Crippen LogP contribution in [0.3, 0.4) is 0 Å². The number of Topliss-reactive ketones (excluding diaryl/α,β-unsaturated/α-hetero) is 1. The standard InChI is InChI=1S/C22H25NO5/c24-19-7-6-16(15-4-2-1-3-5-15)17(19)12-20(25)23-13-18(21(26)27)22(14-23)8-10-28-11-9-22/h1-5,18H,6-14H2,(H,26,27). The van der Waals surface area contributed by atoms with Crippen molar-refractivity contribution in [2.45, 2.75) is 32.1 Å². The lowest BCUT2D eigenvalue weighted by molar-refractivity contribution is -0.147. The quantitative estimate of drug-likeness (QED) is 0.864. The van der Waals surface area contributed by atoms with Gasteiger partial charge in [-0.25, -0.2) is 0 Å². The molecule has 1 unspecified atom stereocenters. The van der Waals surface area contributed by atoms with Crippen LogP contribution in [0.15, 0.2) is 35.9 Å². The van der Waals surface area contributed by atoms with E-state index in [0.717, 1.165) is 11.1 Å². The maximum absolute atomic E-state index is 13.0. The predicted octanol–water partition coefficient (Wildman–Crippen LogP) is 2.53. The fourth-order valence-electron chi connectivity index (χ4n) is 4.92. The van der Waals surface area contributed by atoms with E-state index in [2.05, 4.69) is 0 Å². The summed E-state index contributed by atoms with van der Waals surface area (Å²) in [4.78, 5) is 39.0. The second-order valence-electron chi connectivity index (χ2n) is 8.06. The molecule has 0 aromatic heterocycles. The van der Waals surface area contributed by atoms with Gasteiger partial charge < -0.3 is 14.7 Å². The largest absolute Gasteiger partial charge is 0.481 e. The van der Waals surface area contributed by atoms with Crippen LogP contribution >= 0.6 is 0 Å². The molecule has 6 nitrogen and oxygen atoms in total. The number of amides is 1. The Hall–Kier alpha value is -2.47. The number of allylic oxidation sites excluding steroid dienone is 1. The lowest BCUT2D eigenvalue weighted by atomic mass is 9.72. The van der Waals surface area contributed by atoms with Crippen LogP contribution in [0.2, 0.25) is 0 Å². The molecule has 1 spiro atoms. The molecular weight excluding hydrogens is 358 g/mol. The molecular formula is C22H25NO5. The zero-order chi connectivity index (χ0) is 19.7. The number of rotatable bonds is 4. The molecule has 1 amide bonds. The van der Waals surface area contributed by atoms with Crippen molar-refractivity contribution in [3.05, 3.63) is 41.5 Å². The summed E-state index contributed by atoms with van der Waals surface area (Å²) in [6.07, 6.45) is 2.47. The number of ether oxygens (including phenoxy) is 1. The number of benzene rings is 1. The van der Waals surface area contributed by atoms with Gasteiger partial charge >= 0.3 is 5.97 Å². The van der Waals surface area contributed by atoms with E-state index in [0.29, 0.717) is 51.0 Å². The minimum atomic E-state index is -0.849. The Bertz CT molecular complexity index is 823. The molecule has 2 saturated heterocycles. The summed E-state index contributed by atoms with van der Waals surface area (Å²) < 4.78 is 5.42. The molecule has 0 saturated carbocycles. The molecule has 2 fully saturated rings. The summed E-state index contributed by atoms with van der Waals surface area (Å²) in [6, 6.07) is 9.71. The Morgan fingerprint density at radius 1 is 1.14 bits per heavy atom. The highest BCUT2D eigenvalue weighted by Gasteiger charge is 2.52. The molecule has 0 bridgehead atoms. The molecule has 1 aromatic rings. The number of carbonyl (C=O) groups excluding carboxylic acids is 2. The average Bonchev–Trinajstić information content (AvgIpc) is 3.24. The van der Waals surface area contributed by atoms with Gasteiger partial charge in [-0.05, 0) is 30.4 Å². The molecule has 2 heterocycles. The van der Waals surface area contributed by atoms with Gasteiger partial charge in [0.2, 0.25) is 5.91 Å². The number of carboxylic acids is 1. The van der Waals surface area contributed by atoms with Crippen molar-refractivity contribution in [3.8, 4) is 0 Å². The summed E-state index contributed by atoms with van der Waals surface area (Å²) in [5.74, 6) is -1.53. The Balaban J connectivity index is 1.55. The molecule has 148 valence electrons. The van der Waals surface area contributed by atoms with E-state index in [9.17, 15) is 19.5 Å². The van der Waals surface area contributed by atoms with E-state index in [-0.39, 0.29) is 24.7 Å². The SMILES string of the molecule is O=C1CCC(c2ccccc2)=C1CC(=O)N1CC(C(=O)O)C2(CCOCC2)C1. The lowest BCUT2D eigenvalue weighted by Gasteiger charge is -2.36. The summed E-state index contributed by atoms with van der Waals surface area (Å²) in [5, 5.41) is 9.71. The van der Waals surface area contributed by atoms with Gasteiger partial charge in [-0.15, -0.1) is 0 Å². The molecule has 1 N–H and O–H groups in total. The smallest absolute Gasteiger partial charge is 0.308 e.